The van der Waals surface area contributed by atoms with Gasteiger partial charge in [0.1, 0.15) is 5.82 Å². The van der Waals surface area contributed by atoms with E-state index in [4.69, 9.17) is 18.6 Å². The summed E-state index contributed by atoms with van der Waals surface area (Å²) in [7, 11) is -4.19. The molecule has 1 aromatic carbocycles. The average molecular weight is 301 g/mol. The summed E-state index contributed by atoms with van der Waals surface area (Å²) in [5.41, 5.74) is 1.07. The number of aromatic nitrogens is 1. The van der Waals surface area contributed by atoms with Crippen LogP contribution in [0, 0.1) is 16.1 Å². The van der Waals surface area contributed by atoms with E-state index in [1.54, 1.807) is 12.1 Å². The molecular formula is C13H12ClFNO4+. The molecule has 0 aliphatic carbocycles. The Morgan fingerprint density at radius 1 is 1.00 bits per heavy atom. The fourth-order valence-corrected chi connectivity index (χ4v) is 1.81. The second-order valence-corrected chi connectivity index (χ2v) is 4.88. The molecule has 20 heavy (non-hydrogen) atoms. The molecule has 0 aliphatic heterocycles. The summed E-state index contributed by atoms with van der Waals surface area (Å²) in [5.74, 6) is -0.192. The molecule has 7 heteroatoms. The van der Waals surface area contributed by atoms with E-state index in [0.29, 0.717) is 0 Å². The summed E-state index contributed by atoms with van der Waals surface area (Å²) in [6.07, 6.45) is 3.99. The molecule has 0 spiro atoms. The maximum atomic E-state index is 13.0. The van der Waals surface area contributed by atoms with E-state index < -0.39 is 10.2 Å². The van der Waals surface area contributed by atoms with Gasteiger partial charge in [0.05, 0.1) is 0 Å². The Morgan fingerprint density at radius 2 is 1.70 bits per heavy atom. The van der Waals surface area contributed by atoms with E-state index in [1.807, 2.05) is 41.1 Å². The van der Waals surface area contributed by atoms with Crippen LogP contribution in [0.4, 0.5) is 4.39 Å². The van der Waals surface area contributed by atoms with E-state index in [9.17, 15) is 4.39 Å². The van der Waals surface area contributed by atoms with Crippen molar-refractivity contribution in [3.63, 3.8) is 0 Å². The summed E-state index contributed by atoms with van der Waals surface area (Å²) in [4.78, 5) is 0. The first-order valence-electron chi connectivity index (χ1n) is 5.48. The van der Waals surface area contributed by atoms with Crippen LogP contribution < -0.4 is 9.06 Å². The molecule has 5 nitrogen and oxygen atoms in total. The van der Waals surface area contributed by atoms with Crippen LogP contribution >= 0.6 is 0 Å². The third-order valence-corrected chi connectivity index (χ3v) is 2.55. The minimum absolute atomic E-state index is 0.192. The van der Waals surface area contributed by atoms with Gasteiger partial charge in [-0.15, -0.1) is 0 Å². The molecule has 2 heterocycles. The van der Waals surface area contributed by atoms with Crippen molar-refractivity contribution in [1.82, 2.24) is 0 Å². The van der Waals surface area contributed by atoms with Crippen molar-refractivity contribution in [1.29, 1.82) is 0 Å². The number of fused-ring (bicyclic) bond motifs is 2. The summed E-state index contributed by atoms with van der Waals surface area (Å²) >= 11 is 0. The zero-order valence-corrected chi connectivity index (χ0v) is 10.9. The summed E-state index contributed by atoms with van der Waals surface area (Å²) < 4.78 is 45.3. The molecular weight excluding hydrogens is 289 g/mol. The van der Waals surface area contributed by atoms with Gasteiger partial charge < -0.3 is 0 Å². The number of rotatable bonds is 0. The van der Waals surface area contributed by atoms with Gasteiger partial charge >= 0.3 is 28.9 Å². The van der Waals surface area contributed by atoms with Crippen LogP contribution in [0.3, 0.4) is 0 Å². The van der Waals surface area contributed by atoms with Gasteiger partial charge in [0.2, 0.25) is 5.52 Å². The Balaban J connectivity index is 0.000000257. The van der Waals surface area contributed by atoms with Gasteiger partial charge in [0.25, 0.3) is 0 Å². The first-order chi connectivity index (χ1) is 9.33. The van der Waals surface area contributed by atoms with Gasteiger partial charge in [0.15, 0.2) is 12.4 Å². The summed E-state index contributed by atoms with van der Waals surface area (Å²) in [6, 6.07) is 12.8. The van der Waals surface area contributed by atoms with E-state index in [0.717, 1.165) is 16.3 Å². The average Bonchev–Trinajstić information content (AvgIpc) is 2.34. The number of hydrogen-bond donors (Lipinski definition) is 3. The van der Waals surface area contributed by atoms with Crippen LogP contribution in [0.1, 0.15) is 0 Å². The first kappa shape index (κ1) is 14.6. The molecule has 0 aliphatic rings. The molecule has 0 fully saturated rings. The van der Waals surface area contributed by atoms with Gasteiger partial charge in [-0.25, -0.2) is 4.39 Å². The number of halogens is 2. The van der Waals surface area contributed by atoms with Crippen molar-refractivity contribution < 1.29 is 37.7 Å². The van der Waals surface area contributed by atoms with Crippen molar-refractivity contribution >= 4 is 16.3 Å². The molecule has 0 saturated carbocycles. The van der Waals surface area contributed by atoms with E-state index in [-0.39, 0.29) is 5.82 Å². The fraction of sp³-hybridized carbons (Fsp3) is 0. The Morgan fingerprint density at radius 3 is 2.40 bits per heavy atom. The number of nitrogens with zero attached hydrogens (tertiary/aromatic N) is 1. The Kier molecular flexibility index (Phi) is 4.12. The quantitative estimate of drug-likeness (QED) is 0.398. The Bertz CT molecular complexity index is 739. The predicted molar refractivity (Wildman–Crippen MR) is 63.7 cm³/mol. The molecule has 3 rings (SSSR count). The van der Waals surface area contributed by atoms with Crippen molar-refractivity contribution in [2.75, 3.05) is 0 Å². The van der Waals surface area contributed by atoms with Gasteiger partial charge in [-0.3, -0.25) is 0 Å². The van der Waals surface area contributed by atoms with Gasteiger partial charge in [-0.05, 0) is 29.7 Å². The van der Waals surface area contributed by atoms with Gasteiger partial charge in [-0.1, -0.05) is 0 Å². The zero-order valence-electron chi connectivity index (χ0n) is 10.1. The molecule has 2 aromatic heterocycles. The Hall–Kier alpha value is -1.83. The third-order valence-electron chi connectivity index (χ3n) is 2.55. The van der Waals surface area contributed by atoms with Crippen molar-refractivity contribution in [2.24, 2.45) is 0 Å². The summed E-state index contributed by atoms with van der Waals surface area (Å²) in [5, 5.41) is 1.97. The molecule has 3 N–H and O–H groups in total. The molecule has 0 amide bonds. The van der Waals surface area contributed by atoms with E-state index in [1.165, 1.54) is 6.07 Å². The number of benzene rings is 1. The second-order valence-electron chi connectivity index (χ2n) is 4.01. The number of hydrogen-bond acceptors (Lipinski definition) is 4. The van der Waals surface area contributed by atoms with Crippen molar-refractivity contribution in [2.45, 2.75) is 0 Å². The van der Waals surface area contributed by atoms with Crippen LogP contribution in [0.25, 0.3) is 16.3 Å². The zero-order chi connectivity index (χ0) is 14.8. The third kappa shape index (κ3) is 4.09. The molecule has 0 unspecified atom stereocenters. The maximum absolute atomic E-state index is 13.0. The molecule has 0 saturated heterocycles. The van der Waals surface area contributed by atoms with Crippen LogP contribution in [0.15, 0.2) is 54.9 Å². The van der Waals surface area contributed by atoms with Crippen LogP contribution in [-0.2, 0) is 0 Å². The van der Waals surface area contributed by atoms with E-state index >= 15 is 0 Å². The molecule has 3 aromatic rings. The SMILES string of the molecule is Fc1ccc2c[n+]3ccccc3cc2c1.[O-][Cl+](O)(O)O. The Labute approximate surface area is 115 Å². The normalized spacial score (nSPS) is 12.1. The summed E-state index contributed by atoms with van der Waals surface area (Å²) in [6.45, 7) is 0. The van der Waals surface area contributed by atoms with Crippen LogP contribution in [0.5, 0.6) is 0 Å². The van der Waals surface area contributed by atoms with Crippen LogP contribution in [0.2, 0.25) is 0 Å². The molecule has 106 valence electrons. The van der Waals surface area contributed by atoms with Crippen LogP contribution in [-0.4, -0.2) is 14.0 Å². The predicted octanol–water partition coefficient (Wildman–Crippen LogP) is -0.142. The van der Waals surface area contributed by atoms with Crippen molar-refractivity contribution in [3.05, 3.63) is 60.7 Å². The fourth-order valence-electron chi connectivity index (χ4n) is 1.81. The first-order valence-corrected chi connectivity index (χ1v) is 6.81. The minimum atomic E-state index is -4.19. The van der Waals surface area contributed by atoms with Gasteiger partial charge in [0, 0.05) is 23.6 Å². The standard InChI is InChI=1S/C13H9FN.ClH3O4/c14-12-5-4-10-9-15-6-2-1-3-13(15)8-11(10)7-12;2-1(3,4)5/h1-9H;2-4H/q+1;. The molecule has 0 bridgehead atoms. The molecule has 0 radical (unpaired) electrons. The van der Waals surface area contributed by atoms with E-state index in [2.05, 4.69) is 0 Å². The van der Waals surface area contributed by atoms with Gasteiger partial charge in [-0.2, -0.15) is 4.40 Å². The topological polar surface area (TPSA) is 87.9 Å². The van der Waals surface area contributed by atoms with Crippen molar-refractivity contribution in [3.8, 4) is 0 Å². The number of pyridine rings is 2. The molecule has 0 atom stereocenters. The second kappa shape index (κ2) is 5.66. The monoisotopic (exact) mass is 300 g/mol.